The van der Waals surface area contributed by atoms with Crippen molar-refractivity contribution in [3.63, 3.8) is 0 Å². The first-order valence-corrected chi connectivity index (χ1v) is 7.56. The Hall–Kier alpha value is -0.300. The maximum Gasteiger partial charge on any atom is 0.0133 e. The fraction of sp³-hybridized carbons (Fsp3) is 0.733. The number of thiophene rings is 1. The van der Waals surface area contributed by atoms with Crippen molar-refractivity contribution in [3.05, 3.63) is 21.9 Å². The summed E-state index contributed by atoms with van der Waals surface area (Å²) in [6.07, 6.45) is 7.97. The van der Waals surface area contributed by atoms with Crippen molar-refractivity contribution in [1.82, 2.24) is 0 Å². The van der Waals surface area contributed by atoms with Gasteiger partial charge in [0, 0.05) is 4.88 Å². The third kappa shape index (κ3) is 3.62. The molecule has 1 heteroatoms. The van der Waals surface area contributed by atoms with Crippen LogP contribution < -0.4 is 0 Å². The highest BCUT2D eigenvalue weighted by Gasteiger charge is 2.22. The SMILES string of the molecule is CCCCCCc1ccsc1C(C)(C)CC. The van der Waals surface area contributed by atoms with Crippen molar-refractivity contribution in [1.29, 1.82) is 0 Å². The van der Waals surface area contributed by atoms with Crippen LogP contribution in [0.15, 0.2) is 11.4 Å². The summed E-state index contributed by atoms with van der Waals surface area (Å²) in [7, 11) is 0. The van der Waals surface area contributed by atoms with E-state index in [9.17, 15) is 0 Å². The van der Waals surface area contributed by atoms with Gasteiger partial charge >= 0.3 is 0 Å². The Kier molecular flexibility index (Phi) is 5.54. The zero-order valence-electron chi connectivity index (χ0n) is 11.3. The van der Waals surface area contributed by atoms with E-state index in [0.29, 0.717) is 5.41 Å². The average Bonchev–Trinajstić information content (AvgIpc) is 2.73. The minimum absolute atomic E-state index is 0.369. The van der Waals surface area contributed by atoms with Gasteiger partial charge < -0.3 is 0 Å². The molecule has 0 aliphatic rings. The van der Waals surface area contributed by atoms with E-state index in [4.69, 9.17) is 0 Å². The van der Waals surface area contributed by atoms with E-state index in [1.165, 1.54) is 38.5 Å². The van der Waals surface area contributed by atoms with Crippen LogP contribution in [0.4, 0.5) is 0 Å². The molecule has 0 unspecified atom stereocenters. The van der Waals surface area contributed by atoms with E-state index in [1.54, 1.807) is 10.4 Å². The monoisotopic (exact) mass is 238 g/mol. The number of hydrogen-bond acceptors (Lipinski definition) is 1. The molecule has 0 N–H and O–H groups in total. The van der Waals surface area contributed by atoms with Gasteiger partial charge in [-0.2, -0.15) is 0 Å². The molecule has 0 amide bonds. The molecule has 1 aromatic heterocycles. The second kappa shape index (κ2) is 6.44. The molecule has 1 aromatic rings. The second-order valence-corrected chi connectivity index (χ2v) is 6.24. The van der Waals surface area contributed by atoms with Crippen molar-refractivity contribution >= 4 is 11.3 Å². The van der Waals surface area contributed by atoms with E-state index in [0.717, 1.165) is 0 Å². The number of hydrogen-bond donors (Lipinski definition) is 0. The molecule has 0 aliphatic heterocycles. The van der Waals surface area contributed by atoms with E-state index >= 15 is 0 Å². The van der Waals surface area contributed by atoms with Gasteiger partial charge in [0.2, 0.25) is 0 Å². The minimum atomic E-state index is 0.369. The smallest absolute Gasteiger partial charge is 0.0133 e. The quantitative estimate of drug-likeness (QED) is 0.546. The molecule has 0 saturated carbocycles. The summed E-state index contributed by atoms with van der Waals surface area (Å²) >= 11 is 1.94. The predicted molar refractivity (Wildman–Crippen MR) is 75.5 cm³/mol. The summed E-state index contributed by atoms with van der Waals surface area (Å²) < 4.78 is 0. The van der Waals surface area contributed by atoms with Crippen molar-refractivity contribution < 1.29 is 0 Å². The van der Waals surface area contributed by atoms with Crippen LogP contribution in [-0.2, 0) is 11.8 Å². The first-order valence-electron chi connectivity index (χ1n) is 6.68. The lowest BCUT2D eigenvalue weighted by atomic mass is 9.85. The van der Waals surface area contributed by atoms with Gasteiger partial charge in [0.1, 0.15) is 0 Å². The van der Waals surface area contributed by atoms with E-state index < -0.39 is 0 Å². The fourth-order valence-electron chi connectivity index (χ4n) is 2.03. The maximum absolute atomic E-state index is 2.37. The second-order valence-electron chi connectivity index (χ2n) is 5.32. The Labute approximate surface area is 105 Å². The molecule has 0 saturated heterocycles. The lowest BCUT2D eigenvalue weighted by Gasteiger charge is -2.23. The van der Waals surface area contributed by atoms with Gasteiger partial charge in [-0.15, -0.1) is 11.3 Å². The molecular weight excluding hydrogens is 212 g/mol. The summed E-state index contributed by atoms with van der Waals surface area (Å²) in [6.45, 7) is 9.31. The van der Waals surface area contributed by atoms with Crippen LogP contribution in [0.1, 0.15) is 70.2 Å². The first-order chi connectivity index (χ1) is 7.61. The van der Waals surface area contributed by atoms with Crippen molar-refractivity contribution in [3.8, 4) is 0 Å². The standard InChI is InChI=1S/C15H26S/c1-5-7-8-9-10-13-11-12-16-14(13)15(3,4)6-2/h11-12H,5-10H2,1-4H3. The molecule has 1 rings (SSSR count). The normalized spacial score (nSPS) is 12.0. The molecule has 92 valence electrons. The highest BCUT2D eigenvalue weighted by Crippen LogP contribution is 2.34. The number of unbranched alkanes of at least 4 members (excludes halogenated alkanes) is 3. The van der Waals surface area contributed by atoms with Gasteiger partial charge in [-0.1, -0.05) is 47.0 Å². The predicted octanol–water partition coefficient (Wildman–Crippen LogP) is 5.56. The largest absolute Gasteiger partial charge is 0.148 e. The van der Waals surface area contributed by atoms with Crippen LogP contribution in [-0.4, -0.2) is 0 Å². The van der Waals surface area contributed by atoms with Crippen molar-refractivity contribution in [2.75, 3.05) is 0 Å². The highest BCUT2D eigenvalue weighted by molar-refractivity contribution is 7.10. The van der Waals surface area contributed by atoms with Crippen LogP contribution in [0, 0.1) is 0 Å². The van der Waals surface area contributed by atoms with E-state index in [2.05, 4.69) is 39.1 Å². The highest BCUT2D eigenvalue weighted by atomic mass is 32.1. The van der Waals surface area contributed by atoms with Gasteiger partial charge in [-0.3, -0.25) is 0 Å². The molecule has 0 nitrogen and oxygen atoms in total. The molecule has 0 spiro atoms. The van der Waals surface area contributed by atoms with E-state index in [1.807, 2.05) is 11.3 Å². The van der Waals surface area contributed by atoms with Crippen molar-refractivity contribution in [2.45, 2.75) is 71.6 Å². The summed E-state index contributed by atoms with van der Waals surface area (Å²) in [6, 6.07) is 2.34. The Balaban J connectivity index is 2.57. The molecule has 0 radical (unpaired) electrons. The Morgan fingerprint density at radius 1 is 1.12 bits per heavy atom. The third-order valence-electron chi connectivity index (χ3n) is 3.55. The van der Waals surface area contributed by atoms with Gasteiger partial charge in [0.15, 0.2) is 0 Å². The summed E-state index contributed by atoms with van der Waals surface area (Å²) in [5.41, 5.74) is 1.97. The molecule has 0 atom stereocenters. The Morgan fingerprint density at radius 3 is 2.50 bits per heavy atom. The minimum Gasteiger partial charge on any atom is -0.148 e. The van der Waals surface area contributed by atoms with Gasteiger partial charge in [0.25, 0.3) is 0 Å². The zero-order valence-corrected chi connectivity index (χ0v) is 12.1. The first kappa shape index (κ1) is 13.8. The molecule has 0 aliphatic carbocycles. The lowest BCUT2D eigenvalue weighted by Crippen LogP contribution is -2.15. The number of rotatable bonds is 7. The van der Waals surface area contributed by atoms with Gasteiger partial charge in [-0.05, 0) is 41.7 Å². The topological polar surface area (TPSA) is 0 Å². The third-order valence-corrected chi connectivity index (χ3v) is 4.87. The Morgan fingerprint density at radius 2 is 1.88 bits per heavy atom. The lowest BCUT2D eigenvalue weighted by molar-refractivity contribution is 0.510. The van der Waals surface area contributed by atoms with Crippen LogP contribution in [0.25, 0.3) is 0 Å². The summed E-state index contributed by atoms with van der Waals surface area (Å²) in [5, 5.41) is 2.27. The fourth-order valence-corrected chi connectivity index (χ4v) is 3.18. The molecule has 0 fully saturated rings. The van der Waals surface area contributed by atoms with E-state index in [-0.39, 0.29) is 0 Å². The van der Waals surface area contributed by atoms with Gasteiger partial charge in [0.05, 0.1) is 0 Å². The molecule has 0 aromatic carbocycles. The Bertz CT molecular complexity index is 296. The summed E-state index contributed by atoms with van der Waals surface area (Å²) in [4.78, 5) is 1.62. The van der Waals surface area contributed by atoms with Crippen LogP contribution in [0.2, 0.25) is 0 Å². The zero-order chi connectivity index (χ0) is 12.0. The molecule has 16 heavy (non-hydrogen) atoms. The van der Waals surface area contributed by atoms with Crippen LogP contribution >= 0.6 is 11.3 Å². The number of aryl methyl sites for hydroxylation is 1. The molecule has 0 bridgehead atoms. The van der Waals surface area contributed by atoms with Crippen molar-refractivity contribution in [2.24, 2.45) is 0 Å². The average molecular weight is 238 g/mol. The van der Waals surface area contributed by atoms with Crippen LogP contribution in [0.5, 0.6) is 0 Å². The van der Waals surface area contributed by atoms with Crippen LogP contribution in [0.3, 0.4) is 0 Å². The molecular formula is C15H26S. The maximum atomic E-state index is 2.37. The summed E-state index contributed by atoms with van der Waals surface area (Å²) in [5.74, 6) is 0. The van der Waals surface area contributed by atoms with Gasteiger partial charge in [-0.25, -0.2) is 0 Å². The molecule has 1 heterocycles.